The molecule has 6 heteroatoms. The monoisotopic (exact) mass is 289 g/mol. The van der Waals surface area contributed by atoms with Gasteiger partial charge in [-0.3, -0.25) is 0 Å². The van der Waals surface area contributed by atoms with E-state index in [2.05, 4.69) is 10.3 Å². The standard InChI is InChI=1S/C15H19N3O3/c1-3-21-14(20)8-6-12-5-7-13-15(11(12)2)16-17-18(13)9-4-10-19/h5-8,19H,3-4,9-10H2,1-2H3/b8-6+. The van der Waals surface area contributed by atoms with E-state index in [0.29, 0.717) is 19.6 Å². The molecule has 0 fully saturated rings. The summed E-state index contributed by atoms with van der Waals surface area (Å²) in [5.41, 5.74) is 3.60. The number of rotatable bonds is 6. The van der Waals surface area contributed by atoms with Crippen LogP contribution in [0.2, 0.25) is 0 Å². The fourth-order valence-electron chi connectivity index (χ4n) is 2.10. The zero-order chi connectivity index (χ0) is 15.2. The number of fused-ring (bicyclic) bond motifs is 1. The van der Waals surface area contributed by atoms with Crippen LogP contribution in [0.3, 0.4) is 0 Å². The summed E-state index contributed by atoms with van der Waals surface area (Å²) in [5, 5.41) is 17.2. The predicted molar refractivity (Wildman–Crippen MR) is 79.6 cm³/mol. The van der Waals surface area contributed by atoms with E-state index >= 15 is 0 Å². The number of aliphatic hydroxyl groups excluding tert-OH is 1. The second-order valence-electron chi connectivity index (χ2n) is 4.62. The first-order valence-corrected chi connectivity index (χ1v) is 6.96. The number of aryl methyl sites for hydroxylation is 2. The molecular weight excluding hydrogens is 270 g/mol. The summed E-state index contributed by atoms with van der Waals surface area (Å²) >= 11 is 0. The Bertz CT molecular complexity index is 661. The average molecular weight is 289 g/mol. The lowest BCUT2D eigenvalue weighted by Gasteiger charge is -2.03. The first-order chi connectivity index (χ1) is 10.2. The van der Waals surface area contributed by atoms with Gasteiger partial charge in [0.1, 0.15) is 5.52 Å². The highest BCUT2D eigenvalue weighted by molar-refractivity contribution is 5.89. The van der Waals surface area contributed by atoms with Crippen LogP contribution in [0.25, 0.3) is 17.1 Å². The molecule has 112 valence electrons. The van der Waals surface area contributed by atoms with Crippen molar-refractivity contribution < 1.29 is 14.6 Å². The number of aromatic nitrogens is 3. The molecule has 0 atom stereocenters. The van der Waals surface area contributed by atoms with Crippen LogP contribution in [-0.4, -0.2) is 39.3 Å². The summed E-state index contributed by atoms with van der Waals surface area (Å²) in [6.07, 6.45) is 3.77. The van der Waals surface area contributed by atoms with Gasteiger partial charge in [0, 0.05) is 19.2 Å². The maximum Gasteiger partial charge on any atom is 0.330 e. The Morgan fingerprint density at radius 3 is 3.00 bits per heavy atom. The van der Waals surface area contributed by atoms with Crippen LogP contribution in [0.4, 0.5) is 0 Å². The average Bonchev–Trinajstić information content (AvgIpc) is 2.88. The number of hydrogen-bond donors (Lipinski definition) is 1. The normalized spacial score (nSPS) is 11.4. The molecule has 0 amide bonds. The van der Waals surface area contributed by atoms with E-state index in [9.17, 15) is 4.79 Å². The number of esters is 1. The lowest BCUT2D eigenvalue weighted by atomic mass is 10.1. The van der Waals surface area contributed by atoms with Gasteiger partial charge in [-0.15, -0.1) is 5.10 Å². The Morgan fingerprint density at radius 1 is 1.48 bits per heavy atom. The van der Waals surface area contributed by atoms with Crippen molar-refractivity contribution in [1.82, 2.24) is 15.0 Å². The third-order valence-electron chi connectivity index (χ3n) is 3.20. The zero-order valence-corrected chi connectivity index (χ0v) is 12.2. The summed E-state index contributed by atoms with van der Waals surface area (Å²) in [7, 11) is 0. The Labute approximate surface area is 123 Å². The van der Waals surface area contributed by atoms with Crippen LogP contribution in [0.5, 0.6) is 0 Å². The van der Waals surface area contributed by atoms with Gasteiger partial charge in [-0.1, -0.05) is 11.3 Å². The van der Waals surface area contributed by atoms with Gasteiger partial charge in [0.15, 0.2) is 0 Å². The molecule has 0 saturated carbocycles. The molecule has 0 radical (unpaired) electrons. The molecule has 1 aromatic carbocycles. The molecule has 2 aromatic rings. The lowest BCUT2D eigenvalue weighted by Crippen LogP contribution is -2.02. The van der Waals surface area contributed by atoms with Crippen molar-refractivity contribution in [3.63, 3.8) is 0 Å². The molecule has 0 aliphatic rings. The van der Waals surface area contributed by atoms with Gasteiger partial charge in [-0.25, -0.2) is 9.48 Å². The molecule has 6 nitrogen and oxygen atoms in total. The minimum Gasteiger partial charge on any atom is -0.463 e. The van der Waals surface area contributed by atoms with Gasteiger partial charge >= 0.3 is 5.97 Å². The Hall–Kier alpha value is -2.21. The van der Waals surface area contributed by atoms with Crippen molar-refractivity contribution in [3.05, 3.63) is 29.3 Å². The third kappa shape index (κ3) is 3.46. The molecular formula is C15H19N3O3. The first-order valence-electron chi connectivity index (χ1n) is 6.96. The van der Waals surface area contributed by atoms with Crippen molar-refractivity contribution in [2.45, 2.75) is 26.8 Å². The maximum atomic E-state index is 11.3. The summed E-state index contributed by atoms with van der Waals surface area (Å²) in [6.45, 7) is 4.83. The molecule has 0 saturated heterocycles. The first kappa shape index (κ1) is 15.2. The van der Waals surface area contributed by atoms with Crippen molar-refractivity contribution >= 4 is 23.1 Å². The van der Waals surface area contributed by atoms with Gasteiger partial charge in [0.2, 0.25) is 0 Å². The Morgan fingerprint density at radius 2 is 2.29 bits per heavy atom. The fraction of sp³-hybridized carbons (Fsp3) is 0.400. The molecule has 1 heterocycles. The van der Waals surface area contributed by atoms with Crippen LogP contribution < -0.4 is 0 Å². The Kier molecular flexibility index (Phi) is 5.05. The second-order valence-corrected chi connectivity index (χ2v) is 4.62. The number of aliphatic hydroxyl groups is 1. The number of hydrogen-bond acceptors (Lipinski definition) is 5. The quantitative estimate of drug-likeness (QED) is 0.647. The van der Waals surface area contributed by atoms with Crippen LogP contribution in [-0.2, 0) is 16.1 Å². The number of carbonyl (C=O) groups is 1. The van der Waals surface area contributed by atoms with Gasteiger partial charge in [0.05, 0.1) is 12.1 Å². The van der Waals surface area contributed by atoms with Crippen molar-refractivity contribution in [2.24, 2.45) is 0 Å². The van der Waals surface area contributed by atoms with E-state index in [0.717, 1.165) is 22.2 Å². The van der Waals surface area contributed by atoms with Crippen LogP contribution >= 0.6 is 0 Å². The van der Waals surface area contributed by atoms with Gasteiger partial charge in [-0.2, -0.15) is 0 Å². The van der Waals surface area contributed by atoms with Gasteiger partial charge < -0.3 is 9.84 Å². The second kappa shape index (κ2) is 6.99. The largest absolute Gasteiger partial charge is 0.463 e. The molecule has 0 aliphatic heterocycles. The molecule has 0 unspecified atom stereocenters. The number of benzene rings is 1. The summed E-state index contributed by atoms with van der Waals surface area (Å²) in [5.74, 6) is -0.358. The molecule has 21 heavy (non-hydrogen) atoms. The highest BCUT2D eigenvalue weighted by atomic mass is 16.5. The van der Waals surface area contributed by atoms with Crippen molar-refractivity contribution in [3.8, 4) is 0 Å². The smallest absolute Gasteiger partial charge is 0.330 e. The van der Waals surface area contributed by atoms with E-state index < -0.39 is 0 Å². The van der Waals surface area contributed by atoms with Crippen LogP contribution in [0, 0.1) is 6.92 Å². The van der Waals surface area contributed by atoms with Gasteiger partial charge in [-0.05, 0) is 43.5 Å². The van der Waals surface area contributed by atoms with Crippen molar-refractivity contribution in [1.29, 1.82) is 0 Å². The molecule has 0 bridgehead atoms. The number of ether oxygens (including phenoxy) is 1. The molecule has 1 aromatic heterocycles. The Balaban J connectivity index is 2.28. The molecule has 0 spiro atoms. The van der Waals surface area contributed by atoms with Crippen molar-refractivity contribution in [2.75, 3.05) is 13.2 Å². The molecule has 1 N–H and O–H groups in total. The number of nitrogens with zero attached hydrogens (tertiary/aromatic N) is 3. The summed E-state index contributed by atoms with van der Waals surface area (Å²) in [6, 6.07) is 3.84. The topological polar surface area (TPSA) is 77.2 Å². The van der Waals surface area contributed by atoms with Crippen LogP contribution in [0.15, 0.2) is 18.2 Å². The van der Waals surface area contributed by atoms with E-state index in [4.69, 9.17) is 9.84 Å². The summed E-state index contributed by atoms with van der Waals surface area (Å²) in [4.78, 5) is 11.3. The highest BCUT2D eigenvalue weighted by Crippen LogP contribution is 2.21. The maximum absolute atomic E-state index is 11.3. The van der Waals surface area contributed by atoms with Crippen LogP contribution in [0.1, 0.15) is 24.5 Å². The van der Waals surface area contributed by atoms with E-state index in [1.165, 1.54) is 6.08 Å². The minimum absolute atomic E-state index is 0.126. The molecule has 2 rings (SSSR count). The fourth-order valence-corrected chi connectivity index (χ4v) is 2.10. The van der Waals surface area contributed by atoms with E-state index in [1.807, 2.05) is 19.1 Å². The molecule has 0 aliphatic carbocycles. The third-order valence-corrected chi connectivity index (χ3v) is 3.20. The van der Waals surface area contributed by atoms with E-state index in [1.54, 1.807) is 17.7 Å². The minimum atomic E-state index is -0.358. The predicted octanol–water partition coefficient (Wildman–Crippen LogP) is 1.70. The summed E-state index contributed by atoms with van der Waals surface area (Å²) < 4.78 is 6.63. The SMILES string of the molecule is CCOC(=O)/C=C/c1ccc2c(nnn2CCCO)c1C. The van der Waals surface area contributed by atoms with E-state index in [-0.39, 0.29) is 12.6 Å². The zero-order valence-electron chi connectivity index (χ0n) is 12.2. The van der Waals surface area contributed by atoms with Gasteiger partial charge in [0.25, 0.3) is 0 Å². The number of carbonyl (C=O) groups excluding carboxylic acids is 1. The highest BCUT2D eigenvalue weighted by Gasteiger charge is 2.09. The lowest BCUT2D eigenvalue weighted by molar-refractivity contribution is -0.137.